The van der Waals surface area contributed by atoms with E-state index in [0.717, 1.165) is 23.4 Å². The molecular formula is C23H24N4O3. The summed E-state index contributed by atoms with van der Waals surface area (Å²) in [5.41, 5.74) is 2.58. The molecule has 1 aliphatic rings. The second kappa shape index (κ2) is 8.92. The van der Waals surface area contributed by atoms with E-state index < -0.39 is 0 Å². The molecular weight excluding hydrogens is 380 g/mol. The van der Waals surface area contributed by atoms with Crippen molar-refractivity contribution >= 4 is 17.7 Å². The van der Waals surface area contributed by atoms with Gasteiger partial charge in [0.05, 0.1) is 25.0 Å². The van der Waals surface area contributed by atoms with Gasteiger partial charge < -0.3 is 10.1 Å². The molecule has 1 atom stereocenters. The van der Waals surface area contributed by atoms with Crippen LogP contribution in [0.25, 0.3) is 16.9 Å². The minimum Gasteiger partial charge on any atom is -0.468 e. The van der Waals surface area contributed by atoms with Crippen LogP contribution in [0.5, 0.6) is 0 Å². The number of carbonyl (C=O) groups excluding carboxylic acids is 2. The van der Waals surface area contributed by atoms with Gasteiger partial charge in [-0.25, -0.2) is 4.68 Å². The number of rotatable bonds is 6. The predicted octanol–water partition coefficient (Wildman–Crippen LogP) is 3.12. The summed E-state index contributed by atoms with van der Waals surface area (Å²) in [7, 11) is 1.38. The first kappa shape index (κ1) is 19.8. The van der Waals surface area contributed by atoms with Gasteiger partial charge in [0.15, 0.2) is 0 Å². The van der Waals surface area contributed by atoms with Gasteiger partial charge in [-0.05, 0) is 31.5 Å². The number of para-hydroxylation sites is 1. The van der Waals surface area contributed by atoms with Gasteiger partial charge in [-0.2, -0.15) is 5.10 Å². The van der Waals surface area contributed by atoms with E-state index in [1.165, 1.54) is 7.11 Å². The molecule has 1 saturated heterocycles. The molecule has 1 unspecified atom stereocenters. The number of methoxy groups -OCH3 is 1. The molecule has 3 aromatic rings. The maximum Gasteiger partial charge on any atom is 0.323 e. The van der Waals surface area contributed by atoms with Crippen LogP contribution in [0, 0.1) is 0 Å². The Hall–Kier alpha value is -3.45. The molecule has 0 aliphatic carbocycles. The molecule has 7 heteroatoms. The van der Waals surface area contributed by atoms with Crippen LogP contribution < -0.4 is 5.32 Å². The van der Waals surface area contributed by atoms with Gasteiger partial charge in [-0.1, -0.05) is 48.5 Å². The van der Waals surface area contributed by atoms with Crippen LogP contribution >= 0.6 is 0 Å². The number of benzene rings is 2. The van der Waals surface area contributed by atoms with Crippen LogP contribution in [-0.2, 0) is 14.3 Å². The lowest BCUT2D eigenvalue weighted by molar-refractivity contribution is -0.146. The lowest BCUT2D eigenvalue weighted by atomic mass is 10.1. The van der Waals surface area contributed by atoms with Crippen LogP contribution in [0.3, 0.4) is 0 Å². The fraction of sp³-hybridized carbons (Fsp3) is 0.261. The lowest BCUT2D eigenvalue weighted by Gasteiger charge is -2.21. The molecule has 30 heavy (non-hydrogen) atoms. The van der Waals surface area contributed by atoms with E-state index in [9.17, 15) is 9.59 Å². The maximum atomic E-state index is 12.8. The Balaban J connectivity index is 1.57. The predicted molar refractivity (Wildman–Crippen MR) is 114 cm³/mol. The smallest absolute Gasteiger partial charge is 0.323 e. The van der Waals surface area contributed by atoms with Crippen molar-refractivity contribution in [3.8, 4) is 16.9 Å². The highest BCUT2D eigenvalue weighted by Crippen LogP contribution is 2.25. The number of carbonyl (C=O) groups is 2. The molecule has 1 amide bonds. The number of amides is 1. The normalized spacial score (nSPS) is 16.4. The van der Waals surface area contributed by atoms with Crippen LogP contribution in [0.4, 0.5) is 5.82 Å². The fourth-order valence-corrected chi connectivity index (χ4v) is 3.77. The van der Waals surface area contributed by atoms with Crippen molar-refractivity contribution in [3.63, 3.8) is 0 Å². The topological polar surface area (TPSA) is 76.5 Å². The van der Waals surface area contributed by atoms with E-state index in [0.29, 0.717) is 18.8 Å². The van der Waals surface area contributed by atoms with Crippen molar-refractivity contribution in [2.75, 3.05) is 25.5 Å². The summed E-state index contributed by atoms with van der Waals surface area (Å²) >= 11 is 0. The Morgan fingerprint density at radius 1 is 1.10 bits per heavy atom. The third-order valence-corrected chi connectivity index (χ3v) is 5.23. The van der Waals surface area contributed by atoms with Gasteiger partial charge in [0, 0.05) is 11.6 Å². The van der Waals surface area contributed by atoms with Gasteiger partial charge in [-0.3, -0.25) is 14.5 Å². The number of anilines is 1. The number of ether oxygens (including phenoxy) is 1. The van der Waals surface area contributed by atoms with Crippen molar-refractivity contribution in [3.05, 3.63) is 66.7 Å². The minimum absolute atomic E-state index is 0.125. The Morgan fingerprint density at radius 2 is 1.80 bits per heavy atom. The molecule has 1 aromatic heterocycles. The summed E-state index contributed by atoms with van der Waals surface area (Å²) in [6.07, 6.45) is 1.58. The molecule has 2 heterocycles. The lowest BCUT2D eigenvalue weighted by Crippen LogP contribution is -2.41. The van der Waals surface area contributed by atoms with Crippen LogP contribution in [0.2, 0.25) is 0 Å². The first-order valence-electron chi connectivity index (χ1n) is 9.98. The Labute approximate surface area is 175 Å². The zero-order valence-electron chi connectivity index (χ0n) is 16.8. The van der Waals surface area contributed by atoms with E-state index >= 15 is 0 Å². The molecule has 1 N–H and O–H groups in total. The van der Waals surface area contributed by atoms with Crippen LogP contribution in [-0.4, -0.2) is 52.8 Å². The van der Waals surface area contributed by atoms with Gasteiger partial charge in [0.1, 0.15) is 11.9 Å². The molecule has 4 rings (SSSR count). The monoisotopic (exact) mass is 404 g/mol. The molecule has 0 spiro atoms. The zero-order chi connectivity index (χ0) is 20.9. The SMILES string of the molecule is COC(=O)C1CCCN1CC(=O)Nc1cc(-c2ccccc2)nn1-c1ccccc1. The minimum atomic E-state index is -0.361. The van der Waals surface area contributed by atoms with Gasteiger partial charge in [0.2, 0.25) is 5.91 Å². The average molecular weight is 404 g/mol. The molecule has 154 valence electrons. The van der Waals surface area contributed by atoms with Gasteiger partial charge in [0.25, 0.3) is 0 Å². The number of nitrogens with one attached hydrogen (secondary N) is 1. The van der Waals surface area contributed by atoms with Crippen molar-refractivity contribution in [2.24, 2.45) is 0 Å². The third kappa shape index (κ3) is 4.26. The summed E-state index contributed by atoms with van der Waals surface area (Å²) < 4.78 is 6.59. The van der Waals surface area contributed by atoms with Gasteiger partial charge in [-0.15, -0.1) is 0 Å². The summed E-state index contributed by atoms with van der Waals surface area (Å²) in [5.74, 6) is 0.0994. The van der Waals surface area contributed by atoms with Crippen molar-refractivity contribution in [1.29, 1.82) is 0 Å². The van der Waals surface area contributed by atoms with Crippen molar-refractivity contribution in [2.45, 2.75) is 18.9 Å². The summed E-state index contributed by atoms with van der Waals surface area (Å²) in [6, 6.07) is 21.0. The highest BCUT2D eigenvalue weighted by Gasteiger charge is 2.32. The fourth-order valence-electron chi connectivity index (χ4n) is 3.77. The first-order chi connectivity index (χ1) is 14.7. The molecule has 2 aromatic carbocycles. The molecule has 1 aliphatic heterocycles. The van der Waals surface area contributed by atoms with E-state index in [1.807, 2.05) is 71.6 Å². The van der Waals surface area contributed by atoms with Crippen molar-refractivity contribution < 1.29 is 14.3 Å². The number of hydrogen-bond donors (Lipinski definition) is 1. The van der Waals surface area contributed by atoms with Crippen LogP contribution in [0.15, 0.2) is 66.7 Å². The Morgan fingerprint density at radius 3 is 2.50 bits per heavy atom. The zero-order valence-corrected chi connectivity index (χ0v) is 16.8. The quantitative estimate of drug-likeness (QED) is 0.639. The molecule has 0 radical (unpaired) electrons. The second-order valence-electron chi connectivity index (χ2n) is 7.23. The average Bonchev–Trinajstić information content (AvgIpc) is 3.41. The van der Waals surface area contributed by atoms with Gasteiger partial charge >= 0.3 is 5.97 Å². The second-order valence-corrected chi connectivity index (χ2v) is 7.23. The number of likely N-dealkylation sites (tertiary alicyclic amines) is 1. The highest BCUT2D eigenvalue weighted by molar-refractivity contribution is 5.93. The number of esters is 1. The molecule has 7 nitrogen and oxygen atoms in total. The van der Waals surface area contributed by atoms with E-state index in [4.69, 9.17) is 9.84 Å². The summed E-state index contributed by atoms with van der Waals surface area (Å²) in [5, 5.41) is 7.68. The maximum absolute atomic E-state index is 12.8. The highest BCUT2D eigenvalue weighted by atomic mass is 16.5. The summed E-state index contributed by atoms with van der Waals surface area (Å²) in [6.45, 7) is 0.820. The number of nitrogens with zero attached hydrogens (tertiary/aromatic N) is 3. The number of aromatic nitrogens is 2. The van der Waals surface area contributed by atoms with Crippen LogP contribution in [0.1, 0.15) is 12.8 Å². The van der Waals surface area contributed by atoms with Crippen molar-refractivity contribution in [1.82, 2.24) is 14.7 Å². The Kier molecular flexibility index (Phi) is 5.90. The first-order valence-corrected chi connectivity index (χ1v) is 9.98. The van der Waals surface area contributed by atoms with E-state index in [-0.39, 0.29) is 24.5 Å². The molecule has 1 fully saturated rings. The largest absolute Gasteiger partial charge is 0.468 e. The number of hydrogen-bond acceptors (Lipinski definition) is 5. The third-order valence-electron chi connectivity index (χ3n) is 5.23. The van der Waals surface area contributed by atoms with E-state index in [2.05, 4.69) is 5.32 Å². The van der Waals surface area contributed by atoms with E-state index in [1.54, 1.807) is 4.68 Å². The molecule has 0 saturated carbocycles. The molecule has 0 bridgehead atoms. The standard InChI is InChI=1S/C23H24N4O3/c1-30-23(29)20-13-8-14-26(20)16-22(28)24-21-15-19(17-9-4-2-5-10-17)25-27(21)18-11-6-3-7-12-18/h2-7,9-12,15,20H,8,13-14,16H2,1H3,(H,24,28). The Bertz CT molecular complexity index is 1020. The summed E-state index contributed by atoms with van der Waals surface area (Å²) in [4.78, 5) is 26.6.